The monoisotopic (exact) mass is 210 g/mol. The van der Waals surface area contributed by atoms with Crippen molar-refractivity contribution in [2.45, 2.75) is 12.1 Å². The number of hydrogen-bond donors (Lipinski definition) is 3. The fourth-order valence-corrected chi connectivity index (χ4v) is 1.76. The van der Waals surface area contributed by atoms with E-state index in [1.54, 1.807) is 7.05 Å². The molecule has 1 aromatic rings. The highest BCUT2D eigenvalue weighted by Crippen LogP contribution is 2.10. The molecule has 0 aliphatic carbocycles. The standard InChI is InChI=1S/C9H14N4O2/c1-13(7-3-10-4-8(7)14)9(15)6-2-11-5-12-6/h2,5,7-8,10,14H,3-4H2,1H3,(H,11,12)/t7-,8-/m1/s1. The minimum Gasteiger partial charge on any atom is -0.390 e. The first-order valence-electron chi connectivity index (χ1n) is 4.84. The largest absolute Gasteiger partial charge is 0.390 e. The lowest BCUT2D eigenvalue weighted by atomic mass is 10.2. The van der Waals surface area contributed by atoms with E-state index in [0.29, 0.717) is 18.8 Å². The van der Waals surface area contributed by atoms with Crippen molar-refractivity contribution in [3.63, 3.8) is 0 Å². The van der Waals surface area contributed by atoms with Crippen molar-refractivity contribution in [2.75, 3.05) is 20.1 Å². The van der Waals surface area contributed by atoms with Crippen molar-refractivity contribution < 1.29 is 9.90 Å². The number of aromatic amines is 1. The highest BCUT2D eigenvalue weighted by Gasteiger charge is 2.31. The number of aliphatic hydroxyl groups is 1. The van der Waals surface area contributed by atoms with Gasteiger partial charge in [0, 0.05) is 20.1 Å². The molecule has 0 bridgehead atoms. The summed E-state index contributed by atoms with van der Waals surface area (Å²) in [6, 6.07) is -0.166. The minimum atomic E-state index is -0.498. The average molecular weight is 210 g/mol. The quantitative estimate of drug-likeness (QED) is 0.573. The van der Waals surface area contributed by atoms with E-state index in [2.05, 4.69) is 15.3 Å². The molecule has 6 heteroatoms. The maximum absolute atomic E-state index is 11.9. The number of carbonyl (C=O) groups excluding carboxylic acids is 1. The lowest BCUT2D eigenvalue weighted by Crippen LogP contribution is -2.44. The van der Waals surface area contributed by atoms with Crippen LogP contribution in [0, 0.1) is 0 Å². The van der Waals surface area contributed by atoms with E-state index in [-0.39, 0.29) is 11.9 Å². The topological polar surface area (TPSA) is 81.2 Å². The number of likely N-dealkylation sites (N-methyl/N-ethyl adjacent to an activating group) is 1. The van der Waals surface area contributed by atoms with Crippen LogP contribution in [0.5, 0.6) is 0 Å². The summed E-state index contributed by atoms with van der Waals surface area (Å²) < 4.78 is 0. The van der Waals surface area contributed by atoms with E-state index in [1.807, 2.05) is 0 Å². The first kappa shape index (κ1) is 10.1. The molecular weight excluding hydrogens is 196 g/mol. The highest BCUT2D eigenvalue weighted by molar-refractivity contribution is 5.92. The van der Waals surface area contributed by atoms with Crippen LogP contribution in [-0.4, -0.2) is 58.2 Å². The number of rotatable bonds is 2. The van der Waals surface area contributed by atoms with Crippen molar-refractivity contribution in [3.05, 3.63) is 18.2 Å². The smallest absolute Gasteiger partial charge is 0.272 e. The Balaban J connectivity index is 2.07. The van der Waals surface area contributed by atoms with E-state index in [1.165, 1.54) is 17.4 Å². The third-order valence-corrected chi connectivity index (χ3v) is 2.70. The fourth-order valence-electron chi connectivity index (χ4n) is 1.76. The zero-order valence-electron chi connectivity index (χ0n) is 8.47. The van der Waals surface area contributed by atoms with Gasteiger partial charge in [-0.1, -0.05) is 0 Å². The molecule has 2 heterocycles. The lowest BCUT2D eigenvalue weighted by molar-refractivity contribution is 0.0576. The van der Waals surface area contributed by atoms with Crippen LogP contribution in [0.1, 0.15) is 10.5 Å². The number of carbonyl (C=O) groups is 1. The predicted octanol–water partition coefficient (Wildman–Crippen LogP) is -1.19. The van der Waals surface area contributed by atoms with Gasteiger partial charge < -0.3 is 20.3 Å². The van der Waals surface area contributed by atoms with Crippen molar-refractivity contribution in [2.24, 2.45) is 0 Å². The van der Waals surface area contributed by atoms with Gasteiger partial charge in [-0.05, 0) is 0 Å². The molecule has 6 nitrogen and oxygen atoms in total. The second kappa shape index (κ2) is 4.00. The van der Waals surface area contributed by atoms with Gasteiger partial charge in [-0.2, -0.15) is 0 Å². The zero-order valence-corrected chi connectivity index (χ0v) is 8.47. The molecule has 3 N–H and O–H groups in total. The molecule has 0 aromatic carbocycles. The Morgan fingerprint density at radius 3 is 3.00 bits per heavy atom. The molecule has 0 unspecified atom stereocenters. The summed E-state index contributed by atoms with van der Waals surface area (Å²) in [6.45, 7) is 1.16. The molecule has 0 saturated carbocycles. The van der Waals surface area contributed by atoms with Crippen molar-refractivity contribution >= 4 is 5.91 Å². The number of imidazole rings is 1. The van der Waals surface area contributed by atoms with Crippen LogP contribution in [0.3, 0.4) is 0 Å². The molecule has 1 fully saturated rings. The van der Waals surface area contributed by atoms with Gasteiger partial charge in [0.15, 0.2) is 0 Å². The highest BCUT2D eigenvalue weighted by atomic mass is 16.3. The molecule has 15 heavy (non-hydrogen) atoms. The normalized spacial score (nSPS) is 25.5. The van der Waals surface area contributed by atoms with Gasteiger partial charge >= 0.3 is 0 Å². The van der Waals surface area contributed by atoms with E-state index in [0.717, 1.165) is 0 Å². The number of nitrogens with one attached hydrogen (secondary N) is 2. The van der Waals surface area contributed by atoms with Crippen LogP contribution < -0.4 is 5.32 Å². The molecule has 1 aromatic heterocycles. The molecule has 1 amide bonds. The molecule has 2 atom stereocenters. The molecule has 2 rings (SSSR count). The predicted molar refractivity (Wildman–Crippen MR) is 53.3 cm³/mol. The SMILES string of the molecule is CN(C(=O)c1cnc[nH]1)[C@@H]1CNC[C@H]1O. The third kappa shape index (κ3) is 1.86. The van der Waals surface area contributed by atoms with E-state index in [9.17, 15) is 9.90 Å². The Morgan fingerprint density at radius 1 is 1.67 bits per heavy atom. The molecular formula is C9H14N4O2. The Bertz CT molecular complexity index is 338. The zero-order chi connectivity index (χ0) is 10.8. The number of hydrogen-bond acceptors (Lipinski definition) is 4. The summed E-state index contributed by atoms with van der Waals surface area (Å²) in [5.74, 6) is -0.153. The van der Waals surface area contributed by atoms with E-state index < -0.39 is 6.10 Å². The summed E-state index contributed by atoms with van der Waals surface area (Å²) in [4.78, 5) is 19.9. The molecule has 1 saturated heterocycles. The van der Waals surface area contributed by atoms with Gasteiger partial charge in [0.1, 0.15) is 5.69 Å². The summed E-state index contributed by atoms with van der Waals surface area (Å²) in [6.07, 6.45) is 2.44. The fraction of sp³-hybridized carbons (Fsp3) is 0.556. The van der Waals surface area contributed by atoms with Crippen LogP contribution in [0.25, 0.3) is 0 Å². The van der Waals surface area contributed by atoms with Crippen molar-refractivity contribution in [1.29, 1.82) is 0 Å². The van der Waals surface area contributed by atoms with Gasteiger partial charge in [0.2, 0.25) is 0 Å². The summed E-state index contributed by atoms with van der Waals surface area (Å²) in [5, 5.41) is 12.7. The van der Waals surface area contributed by atoms with E-state index >= 15 is 0 Å². The number of aromatic nitrogens is 2. The maximum Gasteiger partial charge on any atom is 0.272 e. The molecule has 0 spiro atoms. The maximum atomic E-state index is 11.9. The van der Waals surface area contributed by atoms with E-state index in [4.69, 9.17) is 0 Å². The van der Waals surface area contributed by atoms with Crippen LogP contribution >= 0.6 is 0 Å². The van der Waals surface area contributed by atoms with Gasteiger partial charge in [-0.3, -0.25) is 4.79 Å². The Labute approximate surface area is 87.3 Å². The molecule has 1 aliphatic heterocycles. The van der Waals surface area contributed by atoms with Crippen LogP contribution in [-0.2, 0) is 0 Å². The van der Waals surface area contributed by atoms with Crippen LogP contribution in [0.4, 0.5) is 0 Å². The van der Waals surface area contributed by atoms with Gasteiger partial charge in [0.25, 0.3) is 5.91 Å². The first-order chi connectivity index (χ1) is 7.20. The van der Waals surface area contributed by atoms with Crippen LogP contribution in [0.15, 0.2) is 12.5 Å². The first-order valence-corrected chi connectivity index (χ1v) is 4.84. The van der Waals surface area contributed by atoms with Crippen molar-refractivity contribution in [1.82, 2.24) is 20.2 Å². The summed E-state index contributed by atoms with van der Waals surface area (Å²) in [5.41, 5.74) is 0.441. The van der Waals surface area contributed by atoms with Crippen molar-refractivity contribution in [3.8, 4) is 0 Å². The van der Waals surface area contributed by atoms with Gasteiger partial charge in [-0.15, -0.1) is 0 Å². The second-order valence-electron chi connectivity index (χ2n) is 3.67. The lowest BCUT2D eigenvalue weighted by Gasteiger charge is -2.25. The number of nitrogens with zero attached hydrogens (tertiary/aromatic N) is 2. The Kier molecular flexibility index (Phi) is 2.70. The van der Waals surface area contributed by atoms with Gasteiger partial charge in [-0.25, -0.2) is 4.98 Å². The Hall–Kier alpha value is -1.40. The Morgan fingerprint density at radius 2 is 2.47 bits per heavy atom. The summed E-state index contributed by atoms with van der Waals surface area (Å²) >= 11 is 0. The number of β-amino-alcohol motifs (C(OH)–C–C–N with tert-alkyl or cyclic N) is 1. The number of H-pyrrole nitrogens is 1. The number of aliphatic hydroxyl groups excluding tert-OH is 1. The third-order valence-electron chi connectivity index (χ3n) is 2.70. The summed E-state index contributed by atoms with van der Waals surface area (Å²) in [7, 11) is 1.68. The average Bonchev–Trinajstić information content (AvgIpc) is 2.85. The van der Waals surface area contributed by atoms with Crippen LogP contribution in [0.2, 0.25) is 0 Å². The molecule has 1 aliphatic rings. The minimum absolute atomic E-state index is 0.153. The van der Waals surface area contributed by atoms with Gasteiger partial charge in [0.05, 0.1) is 24.7 Å². The molecule has 82 valence electrons. The number of amides is 1. The molecule has 0 radical (unpaired) electrons. The second-order valence-corrected chi connectivity index (χ2v) is 3.67.